The molecule has 128 valence electrons. The van der Waals surface area contributed by atoms with E-state index in [0.29, 0.717) is 25.9 Å². The number of hydrogen-bond donors (Lipinski definition) is 0. The van der Waals surface area contributed by atoms with Crippen LogP contribution in [0, 0.1) is 5.92 Å². The van der Waals surface area contributed by atoms with E-state index in [1.807, 2.05) is 24.3 Å². The molecule has 1 amide bonds. The van der Waals surface area contributed by atoms with Gasteiger partial charge in [0.2, 0.25) is 15.9 Å². The van der Waals surface area contributed by atoms with Crippen LogP contribution in [0.25, 0.3) is 0 Å². The van der Waals surface area contributed by atoms with Crippen molar-refractivity contribution >= 4 is 21.6 Å². The van der Waals surface area contributed by atoms with Crippen LogP contribution in [0.4, 0.5) is 5.69 Å². The number of ether oxygens (including phenoxy) is 1. The molecule has 0 radical (unpaired) electrons. The highest BCUT2D eigenvalue weighted by Crippen LogP contribution is 2.25. The summed E-state index contributed by atoms with van der Waals surface area (Å²) in [7, 11) is 0.193. The molecule has 0 spiro atoms. The van der Waals surface area contributed by atoms with Crippen molar-refractivity contribution in [2.45, 2.75) is 19.8 Å². The first-order valence-corrected chi connectivity index (χ1v) is 9.39. The molecule has 0 aliphatic carbocycles. The smallest absolute Gasteiger partial charge is 0.229 e. The Morgan fingerprint density at radius 2 is 1.83 bits per heavy atom. The Balaban J connectivity index is 1.98. The summed E-state index contributed by atoms with van der Waals surface area (Å²) < 4.78 is 30.3. The highest BCUT2D eigenvalue weighted by molar-refractivity contribution is 7.89. The number of anilines is 1. The number of carbonyl (C=O) groups is 1. The summed E-state index contributed by atoms with van der Waals surface area (Å²) in [5, 5.41) is 0. The van der Waals surface area contributed by atoms with Crippen LogP contribution in [0.2, 0.25) is 0 Å². The van der Waals surface area contributed by atoms with Crippen LogP contribution in [0.15, 0.2) is 24.3 Å². The molecule has 0 bridgehead atoms. The second-order valence-electron chi connectivity index (χ2n) is 5.67. The highest BCUT2D eigenvalue weighted by atomic mass is 32.2. The molecule has 1 fully saturated rings. The predicted octanol–water partition coefficient (Wildman–Crippen LogP) is 1.72. The van der Waals surface area contributed by atoms with Gasteiger partial charge in [-0.05, 0) is 44.0 Å². The number of amides is 1. The van der Waals surface area contributed by atoms with Gasteiger partial charge >= 0.3 is 0 Å². The molecule has 1 saturated heterocycles. The summed E-state index contributed by atoms with van der Waals surface area (Å²) in [4.78, 5) is 14.2. The SMILES string of the molecule is CCS(=O)(=O)N1CCC(C(=O)N(C)c2ccc(OC)cc2)CC1. The fourth-order valence-corrected chi connectivity index (χ4v) is 3.90. The average molecular weight is 340 g/mol. The van der Waals surface area contributed by atoms with Gasteiger partial charge in [-0.3, -0.25) is 4.79 Å². The quantitative estimate of drug-likeness (QED) is 0.818. The van der Waals surface area contributed by atoms with E-state index in [4.69, 9.17) is 4.74 Å². The van der Waals surface area contributed by atoms with E-state index in [0.717, 1.165) is 11.4 Å². The van der Waals surface area contributed by atoms with Crippen molar-refractivity contribution in [1.29, 1.82) is 0 Å². The van der Waals surface area contributed by atoms with Gasteiger partial charge in [0.1, 0.15) is 5.75 Å². The number of rotatable bonds is 5. The van der Waals surface area contributed by atoms with Crippen LogP contribution >= 0.6 is 0 Å². The van der Waals surface area contributed by atoms with Crippen molar-refractivity contribution < 1.29 is 17.9 Å². The zero-order chi connectivity index (χ0) is 17.0. The molecule has 1 aliphatic rings. The Morgan fingerprint density at radius 1 is 1.26 bits per heavy atom. The fourth-order valence-electron chi connectivity index (χ4n) is 2.77. The van der Waals surface area contributed by atoms with Crippen molar-refractivity contribution in [2.75, 3.05) is 37.9 Å². The number of nitrogens with zero attached hydrogens (tertiary/aromatic N) is 2. The molecule has 1 aliphatic heterocycles. The summed E-state index contributed by atoms with van der Waals surface area (Å²) in [5.74, 6) is 0.749. The molecule has 0 atom stereocenters. The molecular formula is C16H24N2O4S. The van der Waals surface area contributed by atoms with Crippen LogP contribution in [-0.2, 0) is 14.8 Å². The maximum atomic E-state index is 12.6. The van der Waals surface area contributed by atoms with Gasteiger partial charge in [-0.1, -0.05) is 0 Å². The van der Waals surface area contributed by atoms with Crippen molar-refractivity contribution in [3.05, 3.63) is 24.3 Å². The number of sulfonamides is 1. The molecule has 23 heavy (non-hydrogen) atoms. The fraction of sp³-hybridized carbons (Fsp3) is 0.562. The van der Waals surface area contributed by atoms with Crippen LogP contribution in [0.3, 0.4) is 0 Å². The van der Waals surface area contributed by atoms with Crippen LogP contribution in [-0.4, -0.2) is 51.6 Å². The third-order valence-electron chi connectivity index (χ3n) is 4.35. The number of carbonyl (C=O) groups excluding carboxylic acids is 1. The second-order valence-corrected chi connectivity index (χ2v) is 7.93. The first-order valence-electron chi connectivity index (χ1n) is 7.78. The Labute approximate surface area is 138 Å². The molecule has 6 nitrogen and oxygen atoms in total. The molecule has 7 heteroatoms. The molecule has 1 aromatic carbocycles. The van der Waals surface area contributed by atoms with E-state index in [-0.39, 0.29) is 17.6 Å². The van der Waals surface area contributed by atoms with Gasteiger partial charge in [0, 0.05) is 31.7 Å². The molecule has 1 heterocycles. The monoisotopic (exact) mass is 340 g/mol. The van der Waals surface area contributed by atoms with E-state index < -0.39 is 10.0 Å². The maximum Gasteiger partial charge on any atom is 0.229 e. The molecular weight excluding hydrogens is 316 g/mol. The minimum Gasteiger partial charge on any atom is -0.497 e. The van der Waals surface area contributed by atoms with Crippen LogP contribution in [0.1, 0.15) is 19.8 Å². The van der Waals surface area contributed by atoms with Gasteiger partial charge < -0.3 is 9.64 Å². The summed E-state index contributed by atoms with van der Waals surface area (Å²) in [6, 6.07) is 7.31. The largest absolute Gasteiger partial charge is 0.497 e. The Kier molecular flexibility index (Phi) is 5.64. The number of hydrogen-bond acceptors (Lipinski definition) is 4. The number of methoxy groups -OCH3 is 1. The topological polar surface area (TPSA) is 66.9 Å². The molecule has 0 N–H and O–H groups in total. The minimum atomic E-state index is -3.16. The summed E-state index contributed by atoms with van der Waals surface area (Å²) in [6.07, 6.45) is 1.14. The molecule has 2 rings (SSSR count). The van der Waals surface area contributed by atoms with Crippen LogP contribution < -0.4 is 9.64 Å². The van der Waals surface area contributed by atoms with Crippen molar-refractivity contribution in [1.82, 2.24) is 4.31 Å². The highest BCUT2D eigenvalue weighted by Gasteiger charge is 2.31. The first-order chi connectivity index (χ1) is 10.9. The third kappa shape index (κ3) is 4.03. The first kappa shape index (κ1) is 17.7. The van der Waals surface area contributed by atoms with Gasteiger partial charge in [-0.2, -0.15) is 0 Å². The Morgan fingerprint density at radius 3 is 2.30 bits per heavy atom. The predicted molar refractivity (Wildman–Crippen MR) is 90.2 cm³/mol. The molecule has 0 unspecified atom stereocenters. The van der Waals surface area contributed by atoms with Gasteiger partial charge in [0.05, 0.1) is 12.9 Å². The lowest BCUT2D eigenvalue weighted by molar-refractivity contribution is -0.123. The van der Waals surface area contributed by atoms with Gasteiger partial charge in [-0.15, -0.1) is 0 Å². The van der Waals surface area contributed by atoms with E-state index >= 15 is 0 Å². The summed E-state index contributed by atoms with van der Waals surface area (Å²) in [5.41, 5.74) is 0.805. The Hall–Kier alpha value is -1.60. The number of piperidine rings is 1. The van der Waals surface area contributed by atoms with Gasteiger partial charge in [-0.25, -0.2) is 12.7 Å². The van der Waals surface area contributed by atoms with E-state index in [1.54, 1.807) is 26.0 Å². The van der Waals surface area contributed by atoms with Gasteiger partial charge in [0.25, 0.3) is 0 Å². The van der Waals surface area contributed by atoms with Crippen molar-refractivity contribution in [3.63, 3.8) is 0 Å². The van der Waals surface area contributed by atoms with Crippen LogP contribution in [0.5, 0.6) is 5.75 Å². The van der Waals surface area contributed by atoms with E-state index in [1.165, 1.54) is 4.31 Å². The number of benzene rings is 1. The maximum absolute atomic E-state index is 12.6. The average Bonchev–Trinajstić information content (AvgIpc) is 2.60. The normalized spacial score (nSPS) is 17.0. The van der Waals surface area contributed by atoms with Crippen molar-refractivity contribution in [3.8, 4) is 5.75 Å². The lowest BCUT2D eigenvalue weighted by atomic mass is 9.96. The lowest BCUT2D eigenvalue weighted by Crippen LogP contribution is -2.44. The molecule has 1 aromatic rings. The second kappa shape index (κ2) is 7.31. The minimum absolute atomic E-state index is 0.0312. The van der Waals surface area contributed by atoms with E-state index in [9.17, 15) is 13.2 Å². The molecule has 0 aromatic heterocycles. The third-order valence-corrected chi connectivity index (χ3v) is 6.23. The lowest BCUT2D eigenvalue weighted by Gasteiger charge is -2.32. The Bertz CT molecular complexity index is 635. The zero-order valence-electron chi connectivity index (χ0n) is 13.9. The van der Waals surface area contributed by atoms with E-state index in [2.05, 4.69) is 0 Å². The standard InChI is InChI=1S/C16H24N2O4S/c1-4-23(20,21)18-11-9-13(10-12-18)16(19)17(2)14-5-7-15(22-3)8-6-14/h5-8,13H,4,9-12H2,1-3H3. The summed E-state index contributed by atoms with van der Waals surface area (Å²) >= 11 is 0. The van der Waals surface area contributed by atoms with Gasteiger partial charge in [0.15, 0.2) is 0 Å². The van der Waals surface area contributed by atoms with Crippen molar-refractivity contribution in [2.24, 2.45) is 5.92 Å². The zero-order valence-corrected chi connectivity index (χ0v) is 14.7. The summed E-state index contributed by atoms with van der Waals surface area (Å²) in [6.45, 7) is 2.48. The molecule has 0 saturated carbocycles.